The average Bonchev–Trinajstić information content (AvgIpc) is 2.82. The number of aromatic nitrogens is 1. The van der Waals surface area contributed by atoms with Crippen molar-refractivity contribution < 1.29 is 4.42 Å². The maximum atomic E-state index is 5.86. The van der Waals surface area contributed by atoms with Crippen molar-refractivity contribution in [2.45, 2.75) is 5.33 Å². The third-order valence-corrected chi connectivity index (χ3v) is 3.60. The molecular formula is C14H9BrClNO. The van der Waals surface area contributed by atoms with E-state index in [1.165, 1.54) is 5.56 Å². The van der Waals surface area contributed by atoms with Gasteiger partial charge < -0.3 is 4.42 Å². The largest absolute Gasteiger partial charge is 0.436 e. The molecule has 18 heavy (non-hydrogen) atoms. The van der Waals surface area contributed by atoms with Crippen molar-refractivity contribution in [3.05, 3.63) is 53.1 Å². The van der Waals surface area contributed by atoms with Gasteiger partial charge in [-0.15, -0.1) is 0 Å². The zero-order chi connectivity index (χ0) is 12.5. The lowest BCUT2D eigenvalue weighted by Gasteiger charge is -1.94. The molecule has 0 aliphatic heterocycles. The van der Waals surface area contributed by atoms with Crippen molar-refractivity contribution in [3.8, 4) is 11.5 Å². The summed E-state index contributed by atoms with van der Waals surface area (Å²) in [5, 5.41) is 1.51. The molecule has 0 bridgehead atoms. The molecule has 3 aromatic rings. The molecular weight excluding hydrogens is 314 g/mol. The molecule has 0 aliphatic rings. The van der Waals surface area contributed by atoms with Crippen LogP contribution in [-0.2, 0) is 5.33 Å². The summed E-state index contributed by atoms with van der Waals surface area (Å²) in [5.74, 6) is 0.619. The first-order valence-electron chi connectivity index (χ1n) is 5.47. The summed E-state index contributed by atoms with van der Waals surface area (Å²) < 4.78 is 5.76. The van der Waals surface area contributed by atoms with Crippen LogP contribution in [-0.4, -0.2) is 4.98 Å². The molecule has 0 N–H and O–H groups in total. The number of hydrogen-bond acceptors (Lipinski definition) is 2. The van der Waals surface area contributed by atoms with Gasteiger partial charge in [0.15, 0.2) is 5.58 Å². The number of benzene rings is 2. The van der Waals surface area contributed by atoms with Crippen molar-refractivity contribution in [2.75, 3.05) is 0 Å². The van der Waals surface area contributed by atoms with Gasteiger partial charge in [-0.25, -0.2) is 4.98 Å². The minimum atomic E-state index is 0.619. The average molecular weight is 323 g/mol. The molecule has 0 amide bonds. The molecule has 0 atom stereocenters. The van der Waals surface area contributed by atoms with Crippen LogP contribution in [0.2, 0.25) is 5.02 Å². The Morgan fingerprint density at radius 3 is 2.61 bits per heavy atom. The number of halogens is 2. The third kappa shape index (κ3) is 2.16. The smallest absolute Gasteiger partial charge is 0.227 e. The fourth-order valence-corrected chi connectivity index (χ4v) is 2.24. The van der Waals surface area contributed by atoms with Gasteiger partial charge in [0.2, 0.25) is 5.89 Å². The molecule has 4 heteroatoms. The Morgan fingerprint density at radius 1 is 1.11 bits per heavy atom. The summed E-state index contributed by atoms with van der Waals surface area (Å²) in [5.41, 5.74) is 3.76. The van der Waals surface area contributed by atoms with Crippen LogP contribution in [0.3, 0.4) is 0 Å². The molecule has 0 aliphatic carbocycles. The van der Waals surface area contributed by atoms with E-state index in [0.29, 0.717) is 10.9 Å². The molecule has 0 radical (unpaired) electrons. The highest BCUT2D eigenvalue weighted by molar-refractivity contribution is 9.08. The van der Waals surface area contributed by atoms with Gasteiger partial charge in [-0.1, -0.05) is 33.6 Å². The zero-order valence-corrected chi connectivity index (χ0v) is 11.7. The topological polar surface area (TPSA) is 26.0 Å². The van der Waals surface area contributed by atoms with Gasteiger partial charge in [0.1, 0.15) is 5.52 Å². The van der Waals surface area contributed by atoms with E-state index in [9.17, 15) is 0 Å². The van der Waals surface area contributed by atoms with E-state index in [-0.39, 0.29) is 0 Å². The van der Waals surface area contributed by atoms with E-state index >= 15 is 0 Å². The monoisotopic (exact) mass is 321 g/mol. The first-order valence-corrected chi connectivity index (χ1v) is 6.97. The van der Waals surface area contributed by atoms with Gasteiger partial charge in [-0.2, -0.15) is 0 Å². The summed E-state index contributed by atoms with van der Waals surface area (Å²) in [4.78, 5) is 4.46. The number of alkyl halides is 1. The Kier molecular flexibility index (Phi) is 3.10. The highest BCUT2D eigenvalue weighted by Crippen LogP contribution is 2.26. The standard InChI is InChI=1S/C14H9BrClNO/c15-8-9-1-6-12-13(7-9)18-14(17-12)10-2-4-11(16)5-3-10/h1-7H,8H2. The molecule has 0 saturated heterocycles. The van der Waals surface area contributed by atoms with E-state index < -0.39 is 0 Å². The molecule has 0 unspecified atom stereocenters. The number of nitrogens with zero attached hydrogens (tertiary/aromatic N) is 1. The lowest BCUT2D eigenvalue weighted by molar-refractivity contribution is 0.619. The fourth-order valence-electron chi connectivity index (χ4n) is 1.77. The second-order valence-electron chi connectivity index (χ2n) is 3.96. The van der Waals surface area contributed by atoms with Gasteiger partial charge in [-0.3, -0.25) is 0 Å². The van der Waals surface area contributed by atoms with Gasteiger partial charge in [0, 0.05) is 15.9 Å². The van der Waals surface area contributed by atoms with Crippen molar-refractivity contribution in [2.24, 2.45) is 0 Å². The lowest BCUT2D eigenvalue weighted by atomic mass is 10.2. The van der Waals surface area contributed by atoms with Gasteiger partial charge in [0.25, 0.3) is 0 Å². The quantitative estimate of drug-likeness (QED) is 0.618. The van der Waals surface area contributed by atoms with E-state index in [0.717, 1.165) is 22.0 Å². The summed E-state index contributed by atoms with van der Waals surface area (Å²) in [6, 6.07) is 13.5. The molecule has 1 aromatic heterocycles. The minimum absolute atomic E-state index is 0.619. The van der Waals surface area contributed by atoms with E-state index in [4.69, 9.17) is 16.0 Å². The Labute approximate surface area is 118 Å². The zero-order valence-electron chi connectivity index (χ0n) is 9.36. The van der Waals surface area contributed by atoms with Crippen LogP contribution in [0.5, 0.6) is 0 Å². The highest BCUT2D eigenvalue weighted by atomic mass is 79.9. The van der Waals surface area contributed by atoms with Gasteiger partial charge in [0.05, 0.1) is 0 Å². The third-order valence-electron chi connectivity index (χ3n) is 2.70. The number of rotatable bonds is 2. The van der Waals surface area contributed by atoms with Crippen LogP contribution in [0.1, 0.15) is 5.56 Å². The molecule has 90 valence electrons. The number of hydrogen-bond donors (Lipinski definition) is 0. The first-order chi connectivity index (χ1) is 8.76. The summed E-state index contributed by atoms with van der Waals surface area (Å²) >= 11 is 9.29. The molecule has 0 spiro atoms. The fraction of sp³-hybridized carbons (Fsp3) is 0.0714. The van der Waals surface area contributed by atoms with Crippen molar-refractivity contribution in [1.29, 1.82) is 0 Å². The van der Waals surface area contributed by atoms with Crippen molar-refractivity contribution in [3.63, 3.8) is 0 Å². The van der Waals surface area contributed by atoms with Crippen LogP contribution in [0.4, 0.5) is 0 Å². The van der Waals surface area contributed by atoms with Crippen LogP contribution < -0.4 is 0 Å². The Balaban J connectivity index is 2.10. The second kappa shape index (κ2) is 4.75. The van der Waals surface area contributed by atoms with Crippen LogP contribution >= 0.6 is 27.5 Å². The summed E-state index contributed by atoms with van der Waals surface area (Å²) in [7, 11) is 0. The van der Waals surface area contributed by atoms with Crippen molar-refractivity contribution in [1.82, 2.24) is 4.98 Å². The Hall–Kier alpha value is -1.32. The maximum Gasteiger partial charge on any atom is 0.227 e. The molecule has 3 rings (SSSR count). The Morgan fingerprint density at radius 2 is 1.89 bits per heavy atom. The van der Waals surface area contributed by atoms with Gasteiger partial charge in [-0.05, 0) is 42.0 Å². The maximum absolute atomic E-state index is 5.86. The first kappa shape index (κ1) is 11.8. The van der Waals surface area contributed by atoms with Crippen LogP contribution in [0, 0.1) is 0 Å². The van der Waals surface area contributed by atoms with E-state index in [1.807, 2.05) is 42.5 Å². The highest BCUT2D eigenvalue weighted by Gasteiger charge is 2.08. The predicted octanol–water partition coefficient (Wildman–Crippen LogP) is 5.04. The minimum Gasteiger partial charge on any atom is -0.436 e. The van der Waals surface area contributed by atoms with Crippen LogP contribution in [0.15, 0.2) is 46.9 Å². The van der Waals surface area contributed by atoms with Gasteiger partial charge >= 0.3 is 0 Å². The van der Waals surface area contributed by atoms with E-state index in [2.05, 4.69) is 20.9 Å². The predicted molar refractivity (Wildman–Crippen MR) is 77.1 cm³/mol. The number of fused-ring (bicyclic) bond motifs is 1. The lowest BCUT2D eigenvalue weighted by Crippen LogP contribution is -1.76. The molecule has 2 nitrogen and oxygen atoms in total. The second-order valence-corrected chi connectivity index (χ2v) is 4.96. The van der Waals surface area contributed by atoms with Crippen molar-refractivity contribution >= 4 is 38.6 Å². The summed E-state index contributed by atoms with van der Waals surface area (Å²) in [6.45, 7) is 0. The Bertz CT molecular complexity index is 691. The summed E-state index contributed by atoms with van der Waals surface area (Å²) in [6.07, 6.45) is 0. The molecule has 1 heterocycles. The SMILES string of the molecule is Clc1ccc(-c2nc3ccc(CBr)cc3o2)cc1. The molecule has 0 fully saturated rings. The van der Waals surface area contributed by atoms with Crippen LogP contribution in [0.25, 0.3) is 22.6 Å². The molecule has 2 aromatic carbocycles. The molecule has 0 saturated carbocycles. The number of oxazole rings is 1. The normalized spacial score (nSPS) is 11.0. The van der Waals surface area contributed by atoms with E-state index in [1.54, 1.807) is 0 Å².